The quantitative estimate of drug-likeness (QED) is 0.849. The van der Waals surface area contributed by atoms with Crippen LogP contribution in [0.3, 0.4) is 0 Å². The number of halogens is 1. The molecule has 1 spiro atoms. The van der Waals surface area contributed by atoms with E-state index in [4.69, 9.17) is 0 Å². The molecule has 0 aromatic carbocycles. The van der Waals surface area contributed by atoms with E-state index < -0.39 is 0 Å². The van der Waals surface area contributed by atoms with Gasteiger partial charge in [-0.3, -0.25) is 4.79 Å². The highest BCUT2D eigenvalue weighted by Crippen LogP contribution is 2.43. The zero-order valence-electron chi connectivity index (χ0n) is 14.5. The van der Waals surface area contributed by atoms with E-state index >= 15 is 0 Å². The second-order valence-electron chi connectivity index (χ2n) is 7.59. The molecule has 0 radical (unpaired) electrons. The summed E-state index contributed by atoms with van der Waals surface area (Å²) in [6.45, 7) is 3.67. The predicted molar refractivity (Wildman–Crippen MR) is 96.9 cm³/mol. The summed E-state index contributed by atoms with van der Waals surface area (Å²) in [6, 6.07) is 0. The van der Waals surface area contributed by atoms with Crippen molar-refractivity contribution in [2.24, 2.45) is 11.3 Å². The lowest BCUT2D eigenvalue weighted by Crippen LogP contribution is -2.53. The van der Waals surface area contributed by atoms with Crippen LogP contribution in [0.15, 0.2) is 12.4 Å². The fraction of sp³-hybridized carbons (Fsp3) is 0.722. The Morgan fingerprint density at radius 1 is 1.24 bits per heavy atom. The molecule has 25 heavy (non-hydrogen) atoms. The molecule has 1 amide bonds. The molecule has 1 unspecified atom stereocenters. The Kier molecular flexibility index (Phi) is 5.61. The van der Waals surface area contributed by atoms with Crippen LogP contribution in [0.5, 0.6) is 0 Å². The molecule has 6 nitrogen and oxygen atoms in total. The minimum absolute atomic E-state index is 0. The van der Waals surface area contributed by atoms with E-state index in [1.54, 1.807) is 12.4 Å². The first-order valence-electron chi connectivity index (χ1n) is 9.15. The third-order valence-corrected chi connectivity index (χ3v) is 6.18. The van der Waals surface area contributed by atoms with Gasteiger partial charge in [0.1, 0.15) is 5.82 Å². The highest BCUT2D eigenvalue weighted by Gasteiger charge is 2.43. The van der Waals surface area contributed by atoms with Gasteiger partial charge in [-0.25, -0.2) is 9.97 Å². The standard InChI is InChI=1S/C18H26N4O2.ClH/c23-12-15-11-19-6-3-18(15)4-7-22(8-5-18)17(24)14-9-20-16(21-10-14)13-1-2-13;/h9-10,13,15,19,23H,1-8,11-12H2;1H. The number of aliphatic hydroxyl groups is 1. The second kappa shape index (κ2) is 7.56. The molecule has 0 bridgehead atoms. The summed E-state index contributed by atoms with van der Waals surface area (Å²) in [6.07, 6.45) is 8.77. The predicted octanol–water partition coefficient (Wildman–Crippen LogP) is 1.60. The molecular weight excluding hydrogens is 340 g/mol. The minimum atomic E-state index is 0. The first-order valence-corrected chi connectivity index (χ1v) is 9.15. The number of aromatic nitrogens is 2. The van der Waals surface area contributed by atoms with Crippen LogP contribution in [0.4, 0.5) is 0 Å². The van der Waals surface area contributed by atoms with Gasteiger partial charge in [0.15, 0.2) is 0 Å². The first kappa shape index (κ1) is 18.5. The molecule has 2 aliphatic heterocycles. The van der Waals surface area contributed by atoms with E-state index in [1.165, 1.54) is 12.8 Å². The van der Waals surface area contributed by atoms with Gasteiger partial charge in [0, 0.05) is 50.5 Å². The summed E-state index contributed by atoms with van der Waals surface area (Å²) in [5, 5.41) is 13.1. The number of carbonyl (C=O) groups is 1. The topological polar surface area (TPSA) is 78.4 Å². The van der Waals surface area contributed by atoms with Gasteiger partial charge in [-0.1, -0.05) is 0 Å². The molecular formula is C18H27ClN4O2. The number of carbonyl (C=O) groups excluding carboxylic acids is 1. The largest absolute Gasteiger partial charge is 0.396 e. The average molecular weight is 367 g/mol. The highest BCUT2D eigenvalue weighted by atomic mass is 35.5. The Balaban J connectivity index is 0.00000182. The van der Waals surface area contributed by atoms with Crippen LogP contribution in [0, 0.1) is 11.3 Å². The molecule has 1 aliphatic carbocycles. The van der Waals surface area contributed by atoms with E-state index in [0.717, 1.165) is 51.3 Å². The Morgan fingerprint density at radius 3 is 2.52 bits per heavy atom. The number of piperidine rings is 2. The van der Waals surface area contributed by atoms with Crippen LogP contribution in [0.2, 0.25) is 0 Å². The summed E-state index contributed by atoms with van der Waals surface area (Å²) >= 11 is 0. The van der Waals surface area contributed by atoms with Gasteiger partial charge in [0.05, 0.1) is 5.56 Å². The fourth-order valence-corrected chi connectivity index (χ4v) is 4.29. The lowest BCUT2D eigenvalue weighted by molar-refractivity contribution is -0.00117. The highest BCUT2D eigenvalue weighted by molar-refractivity contribution is 5.93. The Hall–Kier alpha value is -1.24. The number of rotatable bonds is 3. The summed E-state index contributed by atoms with van der Waals surface area (Å²) in [4.78, 5) is 23.4. The van der Waals surface area contributed by atoms with Crippen LogP contribution in [0.1, 0.15) is 54.2 Å². The smallest absolute Gasteiger partial charge is 0.256 e. The van der Waals surface area contributed by atoms with Gasteiger partial charge in [-0.15, -0.1) is 12.4 Å². The summed E-state index contributed by atoms with van der Waals surface area (Å²) in [5.41, 5.74) is 0.794. The van der Waals surface area contributed by atoms with Crippen molar-refractivity contribution in [1.29, 1.82) is 0 Å². The van der Waals surface area contributed by atoms with Crippen molar-refractivity contribution in [3.63, 3.8) is 0 Å². The molecule has 138 valence electrons. The molecule has 1 aromatic rings. The molecule has 1 atom stereocenters. The lowest BCUT2D eigenvalue weighted by atomic mass is 9.65. The summed E-state index contributed by atoms with van der Waals surface area (Å²) < 4.78 is 0. The third-order valence-electron chi connectivity index (χ3n) is 6.18. The zero-order chi connectivity index (χ0) is 16.6. The van der Waals surface area contributed by atoms with E-state index in [2.05, 4.69) is 15.3 Å². The summed E-state index contributed by atoms with van der Waals surface area (Å²) in [5.74, 6) is 1.75. The van der Waals surface area contributed by atoms with Crippen LogP contribution in [-0.2, 0) is 0 Å². The van der Waals surface area contributed by atoms with Gasteiger partial charge in [-0.2, -0.15) is 0 Å². The molecule has 3 aliphatic rings. The van der Waals surface area contributed by atoms with Crippen molar-refractivity contribution in [2.45, 2.75) is 38.0 Å². The van der Waals surface area contributed by atoms with Crippen LogP contribution < -0.4 is 5.32 Å². The fourth-order valence-electron chi connectivity index (χ4n) is 4.29. The second-order valence-corrected chi connectivity index (χ2v) is 7.59. The Labute approximate surface area is 154 Å². The van der Waals surface area contributed by atoms with E-state index in [1.807, 2.05) is 4.90 Å². The van der Waals surface area contributed by atoms with Crippen molar-refractivity contribution < 1.29 is 9.90 Å². The van der Waals surface area contributed by atoms with Crippen LogP contribution in [-0.4, -0.2) is 58.7 Å². The van der Waals surface area contributed by atoms with Crippen LogP contribution >= 0.6 is 12.4 Å². The van der Waals surface area contributed by atoms with Crippen molar-refractivity contribution >= 4 is 18.3 Å². The number of likely N-dealkylation sites (tertiary alicyclic amines) is 1. The van der Waals surface area contributed by atoms with Crippen molar-refractivity contribution in [2.75, 3.05) is 32.8 Å². The monoisotopic (exact) mass is 366 g/mol. The minimum Gasteiger partial charge on any atom is -0.396 e. The maximum atomic E-state index is 12.7. The molecule has 2 N–H and O–H groups in total. The van der Waals surface area contributed by atoms with Gasteiger partial charge >= 0.3 is 0 Å². The Bertz CT molecular complexity index is 598. The van der Waals surface area contributed by atoms with E-state index in [9.17, 15) is 9.90 Å². The molecule has 1 saturated carbocycles. The number of hydrogen-bond acceptors (Lipinski definition) is 5. The van der Waals surface area contributed by atoms with Crippen molar-refractivity contribution in [3.8, 4) is 0 Å². The van der Waals surface area contributed by atoms with Gasteiger partial charge < -0.3 is 15.3 Å². The van der Waals surface area contributed by atoms with Crippen LogP contribution in [0.25, 0.3) is 0 Å². The lowest BCUT2D eigenvalue weighted by Gasteiger charge is -2.49. The first-order chi connectivity index (χ1) is 11.7. The molecule has 3 heterocycles. The average Bonchev–Trinajstić information content (AvgIpc) is 3.48. The zero-order valence-corrected chi connectivity index (χ0v) is 15.3. The van der Waals surface area contributed by atoms with Crippen molar-refractivity contribution in [1.82, 2.24) is 20.2 Å². The maximum absolute atomic E-state index is 12.7. The number of nitrogens with one attached hydrogen (secondary N) is 1. The SMILES string of the molecule is Cl.O=C(c1cnc(C2CC2)nc1)N1CCC2(CCNCC2CO)CC1. The number of amides is 1. The number of aliphatic hydroxyl groups excluding tert-OH is 1. The molecule has 7 heteroatoms. The maximum Gasteiger partial charge on any atom is 0.256 e. The van der Waals surface area contributed by atoms with Gasteiger partial charge in [-0.05, 0) is 44.1 Å². The van der Waals surface area contributed by atoms with Gasteiger partial charge in [0.2, 0.25) is 0 Å². The van der Waals surface area contributed by atoms with Gasteiger partial charge in [0.25, 0.3) is 5.91 Å². The summed E-state index contributed by atoms with van der Waals surface area (Å²) in [7, 11) is 0. The van der Waals surface area contributed by atoms with E-state index in [0.29, 0.717) is 17.4 Å². The molecule has 1 aromatic heterocycles. The normalized spacial score (nSPS) is 25.5. The number of hydrogen-bond donors (Lipinski definition) is 2. The molecule has 2 saturated heterocycles. The number of nitrogens with zero attached hydrogens (tertiary/aromatic N) is 3. The molecule has 4 rings (SSSR count). The third kappa shape index (κ3) is 3.66. The van der Waals surface area contributed by atoms with Crippen molar-refractivity contribution in [3.05, 3.63) is 23.8 Å². The Morgan fingerprint density at radius 2 is 1.92 bits per heavy atom. The molecule has 3 fully saturated rings. The van der Waals surface area contributed by atoms with E-state index in [-0.39, 0.29) is 30.3 Å².